The van der Waals surface area contributed by atoms with E-state index in [2.05, 4.69) is 4.98 Å². The molecule has 0 spiro atoms. The Balaban J connectivity index is 2.80. The molecule has 0 bridgehead atoms. The number of halogens is 2. The lowest BCUT2D eigenvalue weighted by Gasteiger charge is -1.98. The Morgan fingerprint density at radius 2 is 1.89 bits per heavy atom. The van der Waals surface area contributed by atoms with Crippen molar-refractivity contribution >= 4 is 52.1 Å². The minimum Gasteiger partial charge on any atom is -0.478 e. The van der Waals surface area contributed by atoms with E-state index in [0.717, 1.165) is 6.08 Å². The van der Waals surface area contributed by atoms with Gasteiger partial charge in [0, 0.05) is 27.6 Å². The van der Waals surface area contributed by atoms with Gasteiger partial charge in [-0.3, -0.25) is 0 Å². The number of aliphatic carboxylic acids is 1. The molecule has 7 heteroatoms. The molecule has 98 valence electrons. The molecule has 0 amide bonds. The third kappa shape index (κ3) is 2.57. The summed E-state index contributed by atoms with van der Waals surface area (Å²) in [5, 5.41) is 18.7. The van der Waals surface area contributed by atoms with Gasteiger partial charge in [0.25, 0.3) is 0 Å². The summed E-state index contributed by atoms with van der Waals surface area (Å²) in [6.45, 7) is 0. The molecule has 5 nitrogen and oxygen atoms in total. The monoisotopic (exact) mass is 299 g/mol. The predicted molar refractivity (Wildman–Crippen MR) is 71.9 cm³/mol. The lowest BCUT2D eigenvalue weighted by molar-refractivity contribution is -0.131. The van der Waals surface area contributed by atoms with Gasteiger partial charge in [0.05, 0.1) is 5.02 Å². The van der Waals surface area contributed by atoms with Gasteiger partial charge in [0.15, 0.2) is 0 Å². The minimum atomic E-state index is -1.21. The Hall–Kier alpha value is -1.98. The second-order valence-electron chi connectivity index (χ2n) is 3.70. The lowest BCUT2D eigenvalue weighted by Crippen LogP contribution is -1.98. The highest BCUT2D eigenvalue weighted by Crippen LogP contribution is 2.33. The first kappa shape index (κ1) is 13.5. The molecule has 1 aromatic carbocycles. The van der Waals surface area contributed by atoms with E-state index in [4.69, 9.17) is 33.4 Å². The van der Waals surface area contributed by atoms with Gasteiger partial charge in [-0.15, -0.1) is 0 Å². The molecule has 0 unspecified atom stereocenters. The van der Waals surface area contributed by atoms with Gasteiger partial charge in [0.1, 0.15) is 5.69 Å². The number of carbonyl (C=O) groups is 2. The van der Waals surface area contributed by atoms with Gasteiger partial charge < -0.3 is 15.2 Å². The predicted octanol–water partition coefficient (Wildman–Crippen LogP) is 3.27. The standard InChI is InChI=1S/C12H7Cl2NO4/c13-5-3-7(14)10-6(1-2-9(16)17)11(12(18)19)15-8(10)4-5/h1-4,15H,(H,16,17)(H,18,19)/b2-1-. The number of aromatic nitrogens is 1. The molecule has 0 saturated heterocycles. The molecule has 1 heterocycles. The zero-order chi connectivity index (χ0) is 14.2. The molecular weight excluding hydrogens is 293 g/mol. The van der Waals surface area contributed by atoms with E-state index in [1.807, 2.05) is 0 Å². The molecule has 2 aromatic rings. The third-order valence-electron chi connectivity index (χ3n) is 2.46. The van der Waals surface area contributed by atoms with Gasteiger partial charge in [-0.05, 0) is 18.2 Å². The number of carboxylic acids is 2. The Labute approximate surface area is 117 Å². The number of hydrogen-bond donors (Lipinski definition) is 3. The molecular formula is C12H7Cl2NO4. The number of benzene rings is 1. The fraction of sp³-hybridized carbons (Fsp3) is 0. The van der Waals surface area contributed by atoms with Crippen LogP contribution >= 0.6 is 23.2 Å². The number of rotatable bonds is 3. The number of aromatic carboxylic acids is 1. The van der Waals surface area contributed by atoms with E-state index in [1.54, 1.807) is 0 Å². The largest absolute Gasteiger partial charge is 0.478 e. The number of carboxylic acid groups (broad SMARTS) is 2. The summed E-state index contributed by atoms with van der Waals surface area (Å²) in [5.41, 5.74) is 0.489. The summed E-state index contributed by atoms with van der Waals surface area (Å²) in [6, 6.07) is 2.98. The van der Waals surface area contributed by atoms with Crippen LogP contribution in [0.5, 0.6) is 0 Å². The zero-order valence-corrected chi connectivity index (χ0v) is 10.8. The van der Waals surface area contributed by atoms with Crippen molar-refractivity contribution in [2.24, 2.45) is 0 Å². The summed E-state index contributed by atoms with van der Waals surface area (Å²) in [4.78, 5) is 24.4. The van der Waals surface area contributed by atoms with E-state index in [-0.39, 0.29) is 16.3 Å². The van der Waals surface area contributed by atoms with E-state index < -0.39 is 11.9 Å². The maximum atomic E-state index is 11.1. The first-order valence-electron chi connectivity index (χ1n) is 5.05. The van der Waals surface area contributed by atoms with Crippen molar-refractivity contribution in [3.63, 3.8) is 0 Å². The number of hydrogen-bond acceptors (Lipinski definition) is 2. The molecule has 0 radical (unpaired) electrons. The molecule has 0 aliphatic rings. The first-order chi connectivity index (χ1) is 8.90. The van der Waals surface area contributed by atoms with Gasteiger partial charge >= 0.3 is 11.9 Å². The Morgan fingerprint density at radius 1 is 1.21 bits per heavy atom. The van der Waals surface area contributed by atoms with E-state index in [1.165, 1.54) is 18.2 Å². The first-order valence-corrected chi connectivity index (χ1v) is 5.80. The number of aromatic amines is 1. The molecule has 0 atom stereocenters. The van der Waals surface area contributed by atoms with Crippen molar-refractivity contribution in [3.8, 4) is 0 Å². The van der Waals surface area contributed by atoms with Crippen LogP contribution in [-0.2, 0) is 4.79 Å². The molecule has 0 aliphatic heterocycles. The summed E-state index contributed by atoms with van der Waals surface area (Å²) >= 11 is 11.9. The van der Waals surface area contributed by atoms with Crippen LogP contribution in [0.2, 0.25) is 10.0 Å². The van der Waals surface area contributed by atoms with Crippen molar-refractivity contribution in [2.45, 2.75) is 0 Å². The second-order valence-corrected chi connectivity index (χ2v) is 4.54. The molecule has 0 aliphatic carbocycles. The van der Waals surface area contributed by atoms with Crippen LogP contribution in [0.4, 0.5) is 0 Å². The smallest absolute Gasteiger partial charge is 0.352 e. The molecule has 0 fully saturated rings. The third-order valence-corrected chi connectivity index (χ3v) is 2.98. The normalized spacial score (nSPS) is 11.3. The Bertz CT molecular complexity index is 718. The highest BCUT2D eigenvalue weighted by molar-refractivity contribution is 6.39. The minimum absolute atomic E-state index is 0.142. The van der Waals surface area contributed by atoms with Crippen molar-refractivity contribution in [1.29, 1.82) is 0 Å². The van der Waals surface area contributed by atoms with Crippen molar-refractivity contribution in [2.75, 3.05) is 0 Å². The van der Waals surface area contributed by atoms with Crippen LogP contribution in [0.25, 0.3) is 17.0 Å². The molecule has 3 N–H and O–H groups in total. The average Bonchev–Trinajstić information content (AvgIpc) is 2.64. The van der Waals surface area contributed by atoms with Crippen LogP contribution in [0, 0.1) is 0 Å². The number of fused-ring (bicyclic) bond motifs is 1. The maximum absolute atomic E-state index is 11.1. The van der Waals surface area contributed by atoms with E-state index in [0.29, 0.717) is 15.9 Å². The topological polar surface area (TPSA) is 90.4 Å². The van der Waals surface area contributed by atoms with E-state index in [9.17, 15) is 9.59 Å². The quantitative estimate of drug-likeness (QED) is 0.759. The van der Waals surface area contributed by atoms with Crippen molar-refractivity contribution in [3.05, 3.63) is 39.5 Å². The van der Waals surface area contributed by atoms with Crippen LogP contribution in [0.15, 0.2) is 18.2 Å². The summed E-state index contributed by atoms with van der Waals surface area (Å²) < 4.78 is 0. The Kier molecular flexibility index (Phi) is 3.50. The van der Waals surface area contributed by atoms with Gasteiger partial charge in [-0.25, -0.2) is 9.59 Å². The van der Waals surface area contributed by atoms with Crippen LogP contribution in [-0.4, -0.2) is 27.1 Å². The zero-order valence-electron chi connectivity index (χ0n) is 9.28. The van der Waals surface area contributed by atoms with Crippen LogP contribution < -0.4 is 0 Å². The Morgan fingerprint density at radius 3 is 2.47 bits per heavy atom. The van der Waals surface area contributed by atoms with Crippen LogP contribution in [0.1, 0.15) is 16.1 Å². The molecule has 19 heavy (non-hydrogen) atoms. The summed E-state index contributed by atoms with van der Waals surface area (Å²) in [7, 11) is 0. The average molecular weight is 300 g/mol. The second kappa shape index (κ2) is 4.95. The van der Waals surface area contributed by atoms with Crippen molar-refractivity contribution < 1.29 is 19.8 Å². The number of nitrogens with one attached hydrogen (secondary N) is 1. The summed E-state index contributed by atoms with van der Waals surface area (Å²) in [6.07, 6.45) is 2.03. The van der Waals surface area contributed by atoms with Gasteiger partial charge in [0.2, 0.25) is 0 Å². The van der Waals surface area contributed by atoms with Gasteiger partial charge in [-0.2, -0.15) is 0 Å². The highest BCUT2D eigenvalue weighted by atomic mass is 35.5. The van der Waals surface area contributed by atoms with Crippen LogP contribution in [0.3, 0.4) is 0 Å². The highest BCUT2D eigenvalue weighted by Gasteiger charge is 2.18. The lowest BCUT2D eigenvalue weighted by atomic mass is 10.1. The molecule has 1 aromatic heterocycles. The fourth-order valence-electron chi connectivity index (χ4n) is 1.76. The van der Waals surface area contributed by atoms with Crippen molar-refractivity contribution in [1.82, 2.24) is 4.98 Å². The van der Waals surface area contributed by atoms with Gasteiger partial charge in [-0.1, -0.05) is 23.2 Å². The summed E-state index contributed by atoms with van der Waals surface area (Å²) in [5.74, 6) is -2.40. The maximum Gasteiger partial charge on any atom is 0.352 e. The number of H-pyrrole nitrogens is 1. The molecule has 0 saturated carbocycles. The SMILES string of the molecule is O=C(O)/C=C\c1c(C(=O)O)[nH]c2cc(Cl)cc(Cl)c12. The molecule has 2 rings (SSSR count). The fourth-order valence-corrected chi connectivity index (χ4v) is 2.36. The van der Waals surface area contributed by atoms with E-state index >= 15 is 0 Å².